The predicted molar refractivity (Wildman–Crippen MR) is 77.7 cm³/mol. The van der Waals surface area contributed by atoms with Crippen LogP contribution >= 0.6 is 11.3 Å². The van der Waals surface area contributed by atoms with E-state index in [0.29, 0.717) is 21.6 Å². The zero-order valence-electron chi connectivity index (χ0n) is 13.3. The van der Waals surface area contributed by atoms with Crippen LogP contribution < -0.4 is 5.32 Å². The molecule has 0 spiro atoms. The van der Waals surface area contributed by atoms with Crippen LogP contribution in [0.5, 0.6) is 0 Å². The number of hydrogen-bond acceptors (Lipinski definition) is 4. The zero-order valence-corrected chi connectivity index (χ0v) is 14.1. The number of amides is 1. The number of thiazole rings is 1. The highest BCUT2D eigenvalue weighted by Crippen LogP contribution is 2.64. The molecular formula is C14H7F9N2O2S. The summed E-state index contributed by atoms with van der Waals surface area (Å²) in [4.78, 5) is 15.4. The fourth-order valence-electron chi connectivity index (χ4n) is 2.41. The predicted octanol–water partition coefficient (Wildman–Crippen LogP) is 4.74. The molecule has 1 unspecified atom stereocenters. The third kappa shape index (κ3) is 2.43. The first-order valence-electron chi connectivity index (χ1n) is 7.16. The average molecular weight is 438 g/mol. The Morgan fingerprint density at radius 3 is 2.21 bits per heavy atom. The van der Waals surface area contributed by atoms with Crippen LogP contribution in [0, 0.1) is 6.92 Å². The maximum atomic E-state index is 14.1. The Morgan fingerprint density at radius 1 is 1.11 bits per heavy atom. The van der Waals surface area contributed by atoms with E-state index in [1.165, 1.54) is 11.4 Å². The molecule has 4 nitrogen and oxygen atoms in total. The van der Waals surface area contributed by atoms with Crippen molar-refractivity contribution < 1.29 is 49.0 Å². The number of carbonyl (C=O) groups excluding carboxylic acids is 1. The van der Waals surface area contributed by atoms with Crippen molar-refractivity contribution in [1.29, 1.82) is 0 Å². The minimum atomic E-state index is -6.73. The summed E-state index contributed by atoms with van der Waals surface area (Å²) in [5.74, 6) is -28.7. The van der Waals surface area contributed by atoms with E-state index in [-0.39, 0.29) is 5.52 Å². The van der Waals surface area contributed by atoms with Crippen molar-refractivity contribution in [2.75, 3.05) is 5.32 Å². The number of hydrogen-bond donors (Lipinski definition) is 1. The largest absolute Gasteiger partial charge is 0.428 e. The summed E-state index contributed by atoms with van der Waals surface area (Å²) in [5, 5.41) is 0.641. The molecular weight excluding hydrogens is 431 g/mol. The number of aromatic nitrogens is 1. The molecule has 0 aliphatic carbocycles. The van der Waals surface area contributed by atoms with Crippen LogP contribution in [-0.2, 0) is 9.53 Å². The monoisotopic (exact) mass is 438 g/mol. The van der Waals surface area contributed by atoms with Gasteiger partial charge in [-0.2, -0.15) is 39.5 Å². The molecule has 1 atom stereocenters. The molecule has 2 aromatic rings. The Bertz CT molecular complexity index is 961. The van der Waals surface area contributed by atoms with Gasteiger partial charge in [-0.3, -0.25) is 14.8 Å². The molecule has 1 N–H and O–H groups in total. The van der Waals surface area contributed by atoms with E-state index in [0.717, 1.165) is 0 Å². The van der Waals surface area contributed by atoms with E-state index >= 15 is 0 Å². The van der Waals surface area contributed by atoms with E-state index in [4.69, 9.17) is 0 Å². The summed E-state index contributed by atoms with van der Waals surface area (Å²) in [6.07, 6.45) is -6.29. The zero-order chi connectivity index (χ0) is 21.3. The van der Waals surface area contributed by atoms with E-state index in [2.05, 4.69) is 9.72 Å². The fraction of sp³-hybridized carbons (Fsp3) is 0.429. The van der Waals surface area contributed by atoms with Gasteiger partial charge < -0.3 is 0 Å². The number of ether oxygens (including phenoxy) is 1. The molecule has 1 aromatic heterocycles. The van der Waals surface area contributed by atoms with Crippen LogP contribution in [0.3, 0.4) is 0 Å². The summed E-state index contributed by atoms with van der Waals surface area (Å²) in [6, 6.07) is 4.57. The summed E-state index contributed by atoms with van der Waals surface area (Å²) in [7, 11) is 0. The van der Waals surface area contributed by atoms with Gasteiger partial charge in [0.15, 0.2) is 5.13 Å². The van der Waals surface area contributed by atoms with Crippen LogP contribution in [0.15, 0.2) is 18.2 Å². The standard InChI is InChI=1S/C14H7F9N2O2S/c1-5-3-2-4-6-7(5)24-9(28-6)25-8(26)10(15,16)13(21)11(17,18)12(19,20)14(22,23)27-13/h2-4H,1H3,(H,24,25,26). The number of fused-ring (bicyclic) bond motifs is 1. The number of alkyl halides is 9. The van der Waals surface area contributed by atoms with E-state index in [1.54, 1.807) is 19.1 Å². The van der Waals surface area contributed by atoms with Crippen molar-refractivity contribution in [2.24, 2.45) is 0 Å². The summed E-state index contributed by atoms with van der Waals surface area (Å²) in [6.45, 7) is 1.57. The first-order chi connectivity index (χ1) is 12.6. The lowest BCUT2D eigenvalue weighted by atomic mass is 9.99. The van der Waals surface area contributed by atoms with Crippen molar-refractivity contribution in [3.8, 4) is 0 Å². The second-order valence-electron chi connectivity index (χ2n) is 5.83. The maximum absolute atomic E-state index is 14.1. The van der Waals surface area contributed by atoms with Crippen LogP contribution in [0.1, 0.15) is 5.56 Å². The minimum Gasteiger partial charge on any atom is -0.296 e. The number of halogens is 9. The smallest absolute Gasteiger partial charge is 0.296 e. The topological polar surface area (TPSA) is 51.2 Å². The Balaban J connectivity index is 1.97. The highest BCUT2D eigenvalue weighted by atomic mass is 32.1. The maximum Gasteiger partial charge on any atom is 0.428 e. The van der Waals surface area contributed by atoms with Gasteiger partial charge in [0, 0.05) is 0 Å². The number of nitrogens with one attached hydrogen (secondary N) is 1. The summed E-state index contributed by atoms with van der Waals surface area (Å²) in [5.41, 5.74) is 0.759. The molecule has 0 radical (unpaired) electrons. The average Bonchev–Trinajstić information content (AvgIpc) is 3.00. The van der Waals surface area contributed by atoms with Gasteiger partial charge in [-0.25, -0.2) is 4.98 Å². The highest BCUT2D eigenvalue weighted by molar-refractivity contribution is 7.22. The lowest BCUT2D eigenvalue weighted by Gasteiger charge is -2.31. The Morgan fingerprint density at radius 2 is 1.71 bits per heavy atom. The van der Waals surface area contributed by atoms with Crippen molar-refractivity contribution in [3.63, 3.8) is 0 Å². The second kappa shape index (κ2) is 5.72. The Kier molecular flexibility index (Phi) is 4.21. The van der Waals surface area contributed by atoms with Gasteiger partial charge in [-0.1, -0.05) is 23.5 Å². The summed E-state index contributed by atoms with van der Waals surface area (Å²) >= 11 is 0.573. The quantitative estimate of drug-likeness (QED) is 0.705. The molecule has 1 amide bonds. The number of para-hydroxylation sites is 1. The van der Waals surface area contributed by atoms with Gasteiger partial charge in [0.05, 0.1) is 10.2 Å². The summed E-state index contributed by atoms with van der Waals surface area (Å²) < 4.78 is 124. The third-order valence-electron chi connectivity index (χ3n) is 3.96. The molecule has 1 aromatic carbocycles. The Labute approximate surface area is 153 Å². The number of aryl methyl sites for hydroxylation is 1. The minimum absolute atomic E-state index is 0.224. The van der Waals surface area contributed by atoms with Gasteiger partial charge in [-0.15, -0.1) is 0 Å². The van der Waals surface area contributed by atoms with Gasteiger partial charge >= 0.3 is 35.6 Å². The van der Waals surface area contributed by atoms with Crippen molar-refractivity contribution in [2.45, 2.75) is 36.7 Å². The number of carbonyl (C=O) groups is 1. The van der Waals surface area contributed by atoms with Gasteiger partial charge in [0.25, 0.3) is 0 Å². The van der Waals surface area contributed by atoms with Crippen molar-refractivity contribution in [3.05, 3.63) is 23.8 Å². The molecule has 154 valence electrons. The van der Waals surface area contributed by atoms with Gasteiger partial charge in [0.1, 0.15) is 0 Å². The fourth-order valence-corrected chi connectivity index (χ4v) is 3.35. The van der Waals surface area contributed by atoms with E-state index < -0.39 is 40.8 Å². The number of rotatable bonds is 3. The van der Waals surface area contributed by atoms with E-state index in [1.807, 2.05) is 0 Å². The molecule has 1 aliphatic heterocycles. The third-order valence-corrected chi connectivity index (χ3v) is 4.90. The highest BCUT2D eigenvalue weighted by Gasteiger charge is 2.96. The number of benzene rings is 1. The van der Waals surface area contributed by atoms with Crippen molar-refractivity contribution >= 4 is 32.6 Å². The van der Waals surface area contributed by atoms with Crippen LogP contribution in [0.4, 0.5) is 44.6 Å². The molecule has 1 aliphatic rings. The molecule has 28 heavy (non-hydrogen) atoms. The van der Waals surface area contributed by atoms with Gasteiger partial charge in [0.2, 0.25) is 0 Å². The molecule has 0 saturated carbocycles. The number of nitrogens with zero attached hydrogens (tertiary/aromatic N) is 1. The van der Waals surface area contributed by atoms with E-state index in [9.17, 15) is 44.3 Å². The SMILES string of the molecule is Cc1cccc2sc(NC(=O)C(F)(F)C3(F)OC(F)(F)C(F)(F)C3(F)F)nc12. The molecule has 1 fully saturated rings. The molecule has 3 rings (SSSR count). The molecule has 2 heterocycles. The normalized spacial score (nSPS) is 25.8. The lowest BCUT2D eigenvalue weighted by molar-refractivity contribution is -0.366. The van der Waals surface area contributed by atoms with Crippen molar-refractivity contribution in [1.82, 2.24) is 4.98 Å². The first kappa shape index (κ1) is 20.6. The molecule has 1 saturated heterocycles. The molecule has 0 bridgehead atoms. The number of anilines is 1. The van der Waals surface area contributed by atoms with Crippen LogP contribution in [0.2, 0.25) is 0 Å². The molecule has 14 heteroatoms. The Hall–Kier alpha value is -2.09. The van der Waals surface area contributed by atoms with Crippen LogP contribution in [-0.4, -0.2) is 40.6 Å². The van der Waals surface area contributed by atoms with Crippen LogP contribution in [0.25, 0.3) is 10.2 Å². The first-order valence-corrected chi connectivity index (χ1v) is 7.98. The lowest BCUT2D eigenvalue weighted by Crippen LogP contribution is -2.63. The van der Waals surface area contributed by atoms with Gasteiger partial charge in [-0.05, 0) is 18.6 Å². The second-order valence-corrected chi connectivity index (χ2v) is 6.86.